The summed E-state index contributed by atoms with van der Waals surface area (Å²) in [6, 6.07) is 4.42. The number of amides is 3. The molecule has 1 aromatic carbocycles. The molecular weight excluding hydrogens is 446 g/mol. The second-order valence-electron chi connectivity index (χ2n) is 11.2. The highest BCUT2D eigenvalue weighted by atomic mass is 16.6. The van der Waals surface area contributed by atoms with E-state index in [0.717, 1.165) is 19.3 Å². The van der Waals surface area contributed by atoms with Crippen molar-refractivity contribution in [2.24, 2.45) is 5.92 Å². The van der Waals surface area contributed by atoms with E-state index in [-0.39, 0.29) is 23.5 Å². The molecule has 2 atom stereocenters. The molecule has 8 heteroatoms. The van der Waals surface area contributed by atoms with Gasteiger partial charge in [-0.15, -0.1) is 0 Å². The van der Waals surface area contributed by atoms with Crippen molar-refractivity contribution in [1.29, 1.82) is 0 Å². The molecule has 2 unspecified atom stereocenters. The van der Waals surface area contributed by atoms with Crippen LogP contribution in [0, 0.1) is 5.92 Å². The van der Waals surface area contributed by atoms with Crippen LogP contribution < -0.4 is 10.6 Å². The van der Waals surface area contributed by atoms with Crippen molar-refractivity contribution in [3.8, 4) is 5.75 Å². The number of alkyl carbamates (subject to hydrolysis) is 1. The summed E-state index contributed by atoms with van der Waals surface area (Å²) in [5.74, 6) is -0.890. The average molecular weight is 492 g/mol. The molecule has 0 saturated heterocycles. The molecule has 1 aromatic rings. The first kappa shape index (κ1) is 30.3. The predicted molar refractivity (Wildman–Crippen MR) is 138 cm³/mol. The third-order valence-electron chi connectivity index (χ3n) is 5.36. The zero-order chi connectivity index (χ0) is 27.0. The largest absolute Gasteiger partial charge is 0.508 e. The molecule has 3 N–H and O–H groups in total. The molecular formula is C27H45N3O5. The van der Waals surface area contributed by atoms with Crippen molar-refractivity contribution < 1.29 is 24.2 Å². The lowest BCUT2D eigenvalue weighted by molar-refractivity contribution is -0.149. The van der Waals surface area contributed by atoms with E-state index < -0.39 is 29.3 Å². The van der Waals surface area contributed by atoms with Gasteiger partial charge in [0.15, 0.2) is 0 Å². The minimum atomic E-state index is -0.952. The van der Waals surface area contributed by atoms with Gasteiger partial charge in [-0.3, -0.25) is 9.59 Å². The molecule has 35 heavy (non-hydrogen) atoms. The fourth-order valence-electron chi connectivity index (χ4n) is 3.70. The first-order valence-corrected chi connectivity index (χ1v) is 12.5. The number of aromatic hydroxyl groups is 1. The van der Waals surface area contributed by atoms with Gasteiger partial charge in [0.2, 0.25) is 11.8 Å². The fourth-order valence-corrected chi connectivity index (χ4v) is 3.70. The van der Waals surface area contributed by atoms with E-state index in [4.69, 9.17) is 4.74 Å². The summed E-state index contributed by atoms with van der Waals surface area (Å²) in [6.45, 7) is 17.1. The van der Waals surface area contributed by atoms with Crippen molar-refractivity contribution in [2.45, 2.75) is 105 Å². The van der Waals surface area contributed by atoms with E-state index in [1.54, 1.807) is 32.9 Å². The number of nitrogens with zero attached hydrogens (tertiary/aromatic N) is 1. The first-order chi connectivity index (χ1) is 16.1. The molecule has 0 aliphatic rings. The second-order valence-corrected chi connectivity index (χ2v) is 11.2. The van der Waals surface area contributed by atoms with Gasteiger partial charge in [-0.2, -0.15) is 0 Å². The number of ether oxygens (including phenoxy) is 1. The number of rotatable bonds is 10. The normalized spacial score (nSPS) is 13.7. The smallest absolute Gasteiger partial charge is 0.408 e. The lowest BCUT2D eigenvalue weighted by atomic mass is 9.93. The van der Waals surface area contributed by atoms with Crippen LogP contribution in [0.4, 0.5) is 4.79 Å². The van der Waals surface area contributed by atoms with Crippen LogP contribution in [0.3, 0.4) is 0 Å². The number of phenols is 1. The van der Waals surface area contributed by atoms with E-state index in [2.05, 4.69) is 17.6 Å². The van der Waals surface area contributed by atoms with Gasteiger partial charge in [-0.05, 0) is 71.6 Å². The first-order valence-electron chi connectivity index (χ1n) is 12.5. The molecule has 0 aliphatic carbocycles. The van der Waals surface area contributed by atoms with Crippen LogP contribution in [-0.2, 0) is 14.3 Å². The molecule has 0 saturated carbocycles. The van der Waals surface area contributed by atoms with Gasteiger partial charge < -0.3 is 25.4 Å². The Morgan fingerprint density at radius 2 is 1.57 bits per heavy atom. The average Bonchev–Trinajstić information content (AvgIpc) is 2.71. The zero-order valence-electron chi connectivity index (χ0n) is 22.9. The Balaban J connectivity index is 3.44. The quantitative estimate of drug-likeness (QED) is 0.403. The van der Waals surface area contributed by atoms with E-state index in [9.17, 15) is 19.5 Å². The number of carbonyl (C=O) groups excluding carboxylic acids is 3. The fraction of sp³-hybridized carbons (Fsp3) is 0.667. The van der Waals surface area contributed by atoms with Gasteiger partial charge in [0, 0.05) is 12.1 Å². The zero-order valence-corrected chi connectivity index (χ0v) is 22.9. The van der Waals surface area contributed by atoms with Crippen LogP contribution in [0.2, 0.25) is 0 Å². The van der Waals surface area contributed by atoms with E-state index >= 15 is 0 Å². The molecule has 0 aliphatic heterocycles. The van der Waals surface area contributed by atoms with Gasteiger partial charge in [-0.1, -0.05) is 45.7 Å². The van der Waals surface area contributed by atoms with Crippen LogP contribution in [0.25, 0.3) is 0 Å². The third-order valence-corrected chi connectivity index (χ3v) is 5.36. The standard InChI is InChI=1S/C27H45N3O5/c1-10-11-12-17-28-23(32)22(19-13-15-20(31)16-14-19)30(26(4,5)6)24(33)21(18(2)3)29-25(34)35-27(7,8)9/h13-16,18,21-22,31H,10-12,17H2,1-9H3,(H,28,32)(H,29,34). The van der Waals surface area contributed by atoms with Crippen LogP contribution in [0.15, 0.2) is 24.3 Å². The summed E-state index contributed by atoms with van der Waals surface area (Å²) in [7, 11) is 0. The molecule has 0 radical (unpaired) electrons. The molecule has 1 rings (SSSR count). The number of hydrogen-bond acceptors (Lipinski definition) is 5. The van der Waals surface area contributed by atoms with Gasteiger partial charge in [0.05, 0.1) is 0 Å². The summed E-state index contributed by atoms with van der Waals surface area (Å²) in [5.41, 5.74) is -0.909. The molecule has 8 nitrogen and oxygen atoms in total. The van der Waals surface area contributed by atoms with Crippen molar-refractivity contribution in [3.05, 3.63) is 29.8 Å². The summed E-state index contributed by atoms with van der Waals surface area (Å²) >= 11 is 0. The Labute approximate surface area is 210 Å². The summed E-state index contributed by atoms with van der Waals surface area (Å²) in [6.07, 6.45) is 2.16. The molecule has 0 bridgehead atoms. The molecule has 0 aromatic heterocycles. The van der Waals surface area contributed by atoms with Gasteiger partial charge >= 0.3 is 6.09 Å². The second kappa shape index (κ2) is 12.8. The van der Waals surface area contributed by atoms with Gasteiger partial charge in [0.25, 0.3) is 0 Å². The Kier molecular flexibility index (Phi) is 11.1. The van der Waals surface area contributed by atoms with Crippen molar-refractivity contribution in [1.82, 2.24) is 15.5 Å². The van der Waals surface area contributed by atoms with Gasteiger partial charge in [-0.25, -0.2) is 4.79 Å². The molecule has 0 spiro atoms. The number of carbonyl (C=O) groups is 3. The van der Waals surface area contributed by atoms with Gasteiger partial charge in [0.1, 0.15) is 23.4 Å². The monoisotopic (exact) mass is 491 g/mol. The van der Waals surface area contributed by atoms with Crippen LogP contribution in [0.5, 0.6) is 5.75 Å². The predicted octanol–water partition coefficient (Wildman–Crippen LogP) is 4.92. The lowest BCUT2D eigenvalue weighted by Gasteiger charge is -2.43. The maximum atomic E-state index is 14.0. The highest BCUT2D eigenvalue weighted by Gasteiger charge is 2.42. The lowest BCUT2D eigenvalue weighted by Crippen LogP contribution is -2.59. The third kappa shape index (κ3) is 9.78. The number of phenolic OH excluding ortho intramolecular Hbond substituents is 1. The number of nitrogens with one attached hydrogen (secondary N) is 2. The number of hydrogen-bond donors (Lipinski definition) is 3. The van der Waals surface area contributed by atoms with Crippen molar-refractivity contribution >= 4 is 17.9 Å². The van der Waals surface area contributed by atoms with Crippen LogP contribution in [0.1, 0.15) is 93.2 Å². The summed E-state index contributed by atoms with van der Waals surface area (Å²) in [5, 5.41) is 15.5. The van der Waals surface area contributed by atoms with E-state index in [1.807, 2.05) is 34.6 Å². The minimum Gasteiger partial charge on any atom is -0.508 e. The Morgan fingerprint density at radius 3 is 2.03 bits per heavy atom. The van der Waals surface area contributed by atoms with Crippen LogP contribution in [-0.4, -0.2) is 51.6 Å². The highest BCUT2D eigenvalue weighted by molar-refractivity contribution is 5.92. The SMILES string of the molecule is CCCCCNC(=O)C(c1ccc(O)cc1)N(C(=O)C(NC(=O)OC(C)(C)C)C(C)C)C(C)(C)C. The number of unbranched alkanes of at least 4 members (excludes halogenated alkanes) is 2. The Morgan fingerprint density at radius 1 is 1.00 bits per heavy atom. The molecule has 198 valence electrons. The minimum absolute atomic E-state index is 0.0659. The topological polar surface area (TPSA) is 108 Å². The van der Waals surface area contributed by atoms with Crippen molar-refractivity contribution in [2.75, 3.05) is 6.54 Å². The number of benzene rings is 1. The molecule has 3 amide bonds. The molecule has 0 fully saturated rings. The molecule has 0 heterocycles. The van der Waals surface area contributed by atoms with Crippen LogP contribution >= 0.6 is 0 Å². The summed E-state index contributed by atoms with van der Waals surface area (Å²) in [4.78, 5) is 41.6. The van der Waals surface area contributed by atoms with E-state index in [1.165, 1.54) is 17.0 Å². The Hall–Kier alpha value is -2.77. The highest BCUT2D eigenvalue weighted by Crippen LogP contribution is 2.31. The maximum absolute atomic E-state index is 14.0. The summed E-state index contributed by atoms with van der Waals surface area (Å²) < 4.78 is 5.39. The maximum Gasteiger partial charge on any atom is 0.408 e. The van der Waals surface area contributed by atoms with E-state index in [0.29, 0.717) is 12.1 Å². The Bertz CT molecular complexity index is 838. The van der Waals surface area contributed by atoms with Crippen molar-refractivity contribution in [3.63, 3.8) is 0 Å².